The van der Waals surface area contributed by atoms with Gasteiger partial charge in [-0.1, -0.05) is 38.7 Å². The summed E-state index contributed by atoms with van der Waals surface area (Å²) in [6.45, 7) is 5.33. The highest BCUT2D eigenvalue weighted by Crippen LogP contribution is 2.41. The minimum absolute atomic E-state index is 0.0106. The van der Waals surface area contributed by atoms with Gasteiger partial charge >= 0.3 is 0 Å². The highest BCUT2D eigenvalue weighted by molar-refractivity contribution is 5.31. The van der Waals surface area contributed by atoms with Gasteiger partial charge in [0.05, 0.1) is 19.0 Å². The van der Waals surface area contributed by atoms with Crippen LogP contribution in [0.3, 0.4) is 0 Å². The van der Waals surface area contributed by atoms with Gasteiger partial charge in [0.25, 0.3) is 0 Å². The van der Waals surface area contributed by atoms with E-state index in [2.05, 4.69) is 13.0 Å². The number of benzene rings is 1. The van der Waals surface area contributed by atoms with Gasteiger partial charge < -0.3 is 9.47 Å². The van der Waals surface area contributed by atoms with Crippen LogP contribution >= 0.6 is 0 Å². The lowest BCUT2D eigenvalue weighted by molar-refractivity contribution is 0.0639. The summed E-state index contributed by atoms with van der Waals surface area (Å²) < 4.78 is 40.0. The lowest BCUT2D eigenvalue weighted by atomic mass is 9.73. The minimum Gasteiger partial charge on any atom is -0.498 e. The number of aryl methyl sites for hydroxylation is 1. The van der Waals surface area contributed by atoms with Gasteiger partial charge in [-0.05, 0) is 106 Å². The van der Waals surface area contributed by atoms with Crippen molar-refractivity contribution < 1.29 is 18.3 Å². The molecule has 0 aromatic heterocycles. The molecule has 0 amide bonds. The summed E-state index contributed by atoms with van der Waals surface area (Å²) in [7, 11) is 0. The molecule has 4 rings (SSSR count). The van der Waals surface area contributed by atoms with Crippen molar-refractivity contribution in [3.05, 3.63) is 41.2 Å². The molecule has 0 bridgehead atoms. The zero-order chi connectivity index (χ0) is 23.9. The van der Waals surface area contributed by atoms with Crippen LogP contribution in [0.5, 0.6) is 5.75 Å². The smallest absolute Gasteiger partial charge is 0.200 e. The van der Waals surface area contributed by atoms with Crippen LogP contribution in [0.1, 0.15) is 96.5 Å². The van der Waals surface area contributed by atoms with Gasteiger partial charge in [0, 0.05) is 5.92 Å². The molecule has 2 aliphatic carbocycles. The van der Waals surface area contributed by atoms with Crippen LogP contribution in [0.4, 0.5) is 8.78 Å². The molecule has 1 aliphatic heterocycles. The second kappa shape index (κ2) is 12.4. The Labute approximate surface area is 205 Å². The molecular weight excluding hydrogens is 430 g/mol. The van der Waals surface area contributed by atoms with Crippen molar-refractivity contribution in [3.63, 3.8) is 0 Å². The van der Waals surface area contributed by atoms with E-state index >= 15 is 0 Å². The number of hydrogen-bond acceptors (Lipinski definition) is 2. The molecule has 2 fully saturated rings. The Balaban J connectivity index is 1.19. The van der Waals surface area contributed by atoms with Crippen LogP contribution in [0.15, 0.2) is 24.0 Å². The van der Waals surface area contributed by atoms with E-state index in [0.29, 0.717) is 36.3 Å². The first-order valence-electron chi connectivity index (χ1n) is 14.0. The van der Waals surface area contributed by atoms with E-state index in [-0.39, 0.29) is 5.75 Å². The molecule has 0 N–H and O–H groups in total. The minimum atomic E-state index is -0.850. The first-order valence-corrected chi connectivity index (χ1v) is 14.0. The van der Waals surface area contributed by atoms with Gasteiger partial charge in [0.1, 0.15) is 0 Å². The van der Waals surface area contributed by atoms with Crippen LogP contribution in [0, 0.1) is 41.2 Å². The van der Waals surface area contributed by atoms with Crippen LogP contribution in [-0.4, -0.2) is 13.2 Å². The number of hydrogen-bond donors (Lipinski definition) is 0. The van der Waals surface area contributed by atoms with Crippen molar-refractivity contribution in [1.82, 2.24) is 0 Å². The Morgan fingerprint density at radius 2 is 1.56 bits per heavy atom. The maximum Gasteiger partial charge on any atom is 0.200 e. The Morgan fingerprint density at radius 1 is 0.853 bits per heavy atom. The summed E-state index contributed by atoms with van der Waals surface area (Å²) in [6, 6.07) is 3.24. The second-order valence-corrected chi connectivity index (χ2v) is 11.0. The fraction of sp³-hybridized carbons (Fsp3) is 0.733. The van der Waals surface area contributed by atoms with Crippen molar-refractivity contribution in [1.29, 1.82) is 0 Å². The molecule has 4 heteroatoms. The SMILES string of the molecule is CCCC1CCC(C2CC=C(C3CCC(CCc4ccc(OCC)c(F)c4F)CC3)OC2)CC1. The highest BCUT2D eigenvalue weighted by Gasteiger charge is 2.32. The highest BCUT2D eigenvalue weighted by atomic mass is 19.2. The first kappa shape index (κ1) is 25.5. The zero-order valence-electron chi connectivity index (χ0n) is 21.3. The van der Waals surface area contributed by atoms with E-state index in [4.69, 9.17) is 9.47 Å². The summed E-state index contributed by atoms with van der Waals surface area (Å²) in [5.41, 5.74) is 0.469. The first-order chi connectivity index (χ1) is 16.6. The van der Waals surface area contributed by atoms with Crippen molar-refractivity contribution in [3.8, 4) is 5.75 Å². The topological polar surface area (TPSA) is 18.5 Å². The largest absolute Gasteiger partial charge is 0.498 e. The molecule has 1 atom stereocenters. The molecule has 3 aliphatic rings. The molecule has 0 saturated heterocycles. The van der Waals surface area contributed by atoms with E-state index in [1.165, 1.54) is 50.7 Å². The zero-order valence-corrected chi connectivity index (χ0v) is 21.3. The predicted molar refractivity (Wildman–Crippen MR) is 134 cm³/mol. The molecule has 1 unspecified atom stereocenters. The Hall–Kier alpha value is -1.58. The van der Waals surface area contributed by atoms with Crippen molar-refractivity contribution >= 4 is 0 Å². The van der Waals surface area contributed by atoms with E-state index < -0.39 is 11.6 Å². The van der Waals surface area contributed by atoms with Gasteiger partial charge in [0.2, 0.25) is 5.82 Å². The average Bonchev–Trinajstić information content (AvgIpc) is 2.88. The molecule has 0 radical (unpaired) electrons. The Morgan fingerprint density at radius 3 is 2.21 bits per heavy atom. The quantitative estimate of drug-likeness (QED) is 0.356. The van der Waals surface area contributed by atoms with Gasteiger partial charge in [-0.2, -0.15) is 4.39 Å². The van der Waals surface area contributed by atoms with Gasteiger partial charge in [-0.15, -0.1) is 0 Å². The monoisotopic (exact) mass is 474 g/mol. The normalized spacial score (nSPS) is 29.9. The third-order valence-corrected chi connectivity index (χ3v) is 8.84. The predicted octanol–water partition coefficient (Wildman–Crippen LogP) is 8.63. The second-order valence-electron chi connectivity index (χ2n) is 11.0. The fourth-order valence-corrected chi connectivity index (χ4v) is 6.69. The van der Waals surface area contributed by atoms with Crippen molar-refractivity contribution in [2.24, 2.45) is 29.6 Å². The van der Waals surface area contributed by atoms with Gasteiger partial charge in [0.15, 0.2) is 11.6 Å². The molecule has 1 aromatic rings. The third-order valence-electron chi connectivity index (χ3n) is 8.84. The maximum absolute atomic E-state index is 14.4. The van der Waals surface area contributed by atoms with Gasteiger partial charge in [-0.25, -0.2) is 4.39 Å². The van der Waals surface area contributed by atoms with Crippen LogP contribution in [0.2, 0.25) is 0 Å². The Bertz CT molecular complexity index is 804. The summed E-state index contributed by atoms with van der Waals surface area (Å²) in [5, 5.41) is 0. The van der Waals surface area contributed by atoms with E-state index in [1.807, 2.05) is 0 Å². The number of ether oxygens (including phenoxy) is 2. The molecular formula is C30H44F2O2. The van der Waals surface area contributed by atoms with E-state index in [1.54, 1.807) is 19.1 Å². The summed E-state index contributed by atoms with van der Waals surface area (Å²) in [4.78, 5) is 0. The lowest BCUT2D eigenvalue weighted by Crippen LogP contribution is -2.29. The number of rotatable bonds is 9. The third kappa shape index (κ3) is 6.34. The number of halogens is 2. The van der Waals surface area contributed by atoms with Gasteiger partial charge in [-0.3, -0.25) is 0 Å². The average molecular weight is 475 g/mol. The van der Waals surface area contributed by atoms with Crippen molar-refractivity contribution in [2.45, 2.75) is 97.3 Å². The molecule has 1 aromatic carbocycles. The summed E-state index contributed by atoms with van der Waals surface area (Å²) in [5.74, 6) is 3.34. The molecule has 1 heterocycles. The van der Waals surface area contributed by atoms with Crippen molar-refractivity contribution in [2.75, 3.05) is 13.2 Å². The van der Waals surface area contributed by atoms with Crippen LogP contribution < -0.4 is 4.74 Å². The lowest BCUT2D eigenvalue weighted by Gasteiger charge is -2.37. The summed E-state index contributed by atoms with van der Waals surface area (Å²) >= 11 is 0. The standard InChI is InChI=1S/C30H44F2O2/c1-3-5-21-6-11-23(12-7-21)26-17-18-27(34-20-26)24-13-8-22(9-14-24)10-15-25-16-19-28(33-4-2)30(32)29(25)31/h16,18-19,21-24,26H,3-15,17,20H2,1-2H3. The molecule has 2 nitrogen and oxygen atoms in total. The van der Waals surface area contributed by atoms with Crippen LogP contribution in [-0.2, 0) is 11.2 Å². The van der Waals surface area contributed by atoms with Crippen LogP contribution in [0.25, 0.3) is 0 Å². The van der Waals surface area contributed by atoms with E-state index in [9.17, 15) is 8.78 Å². The molecule has 0 spiro atoms. The molecule has 190 valence electrons. The molecule has 2 saturated carbocycles. The van der Waals surface area contributed by atoms with E-state index in [0.717, 1.165) is 50.5 Å². The Kier molecular flexibility index (Phi) is 9.31. The molecule has 34 heavy (non-hydrogen) atoms. The maximum atomic E-state index is 14.4. The fourth-order valence-electron chi connectivity index (χ4n) is 6.69. The summed E-state index contributed by atoms with van der Waals surface area (Å²) in [6.07, 6.45) is 18.1. The number of allylic oxidation sites excluding steroid dienone is 2.